The molecule has 1 fully saturated rings. The average Bonchev–Trinajstić information content (AvgIpc) is 3.86. The van der Waals surface area contributed by atoms with Gasteiger partial charge in [-0.2, -0.15) is 5.26 Å². The lowest BCUT2D eigenvalue weighted by molar-refractivity contribution is -0.0926. The highest BCUT2D eigenvalue weighted by Crippen LogP contribution is 2.49. The Morgan fingerprint density at radius 3 is 2.14 bits per heavy atom. The molecule has 4 atom stereocenters. The third-order valence-corrected chi connectivity index (χ3v) is 10.5. The molecule has 4 aromatic carbocycles. The predicted octanol–water partition coefficient (Wildman–Crippen LogP) is 6.81. The third-order valence-electron chi connectivity index (χ3n) is 9.49. The number of ether oxygens (including phenoxy) is 4. The van der Waals surface area contributed by atoms with E-state index in [0.29, 0.717) is 28.2 Å². The Balaban J connectivity index is 1.25. The van der Waals surface area contributed by atoms with Crippen LogP contribution in [0.2, 0.25) is 0 Å². The van der Waals surface area contributed by atoms with Gasteiger partial charge < -0.3 is 29.2 Å². The van der Waals surface area contributed by atoms with E-state index in [4.69, 9.17) is 33.3 Å². The van der Waals surface area contributed by atoms with Gasteiger partial charge in [-0.1, -0.05) is 72.8 Å². The molecule has 57 heavy (non-hydrogen) atoms. The zero-order valence-corrected chi connectivity index (χ0v) is 31.9. The molecule has 16 heteroatoms. The Kier molecular flexibility index (Phi) is 12.0. The number of carbonyl (C=O) groups excluding carboxylic acids is 1. The van der Waals surface area contributed by atoms with Gasteiger partial charge in [0, 0.05) is 12.0 Å². The zero-order chi connectivity index (χ0) is 39.8. The van der Waals surface area contributed by atoms with E-state index in [-0.39, 0.29) is 37.8 Å². The van der Waals surface area contributed by atoms with E-state index in [1.807, 2.05) is 91.0 Å². The summed E-state index contributed by atoms with van der Waals surface area (Å²) in [6.45, 7) is -0.457. The lowest BCUT2D eigenvalue weighted by Crippen LogP contribution is -2.38. The molecule has 3 heterocycles. The number of phosphoric acid groups is 1. The normalized spacial score (nSPS) is 17.8. The topological polar surface area (TPSA) is 189 Å². The van der Waals surface area contributed by atoms with Crippen LogP contribution in [0, 0.1) is 11.3 Å². The summed E-state index contributed by atoms with van der Waals surface area (Å²) in [5.74, 6) is 1.12. The van der Waals surface area contributed by atoms with Crippen molar-refractivity contribution in [3.05, 3.63) is 144 Å². The maximum Gasteiger partial charge on any atom is 0.472 e. The molecule has 292 valence electrons. The molecule has 0 bridgehead atoms. The van der Waals surface area contributed by atoms with E-state index in [2.05, 4.69) is 20.3 Å². The molecule has 0 aliphatic carbocycles. The highest BCUT2D eigenvalue weighted by atomic mass is 31.2. The minimum Gasteiger partial charge on any atom is -0.497 e. The summed E-state index contributed by atoms with van der Waals surface area (Å²) in [7, 11) is -1.50. The van der Waals surface area contributed by atoms with E-state index in [1.165, 1.54) is 12.7 Å². The van der Waals surface area contributed by atoms with Crippen molar-refractivity contribution in [1.29, 1.82) is 5.26 Å². The molecular formula is C41H39N6O9P. The summed E-state index contributed by atoms with van der Waals surface area (Å²) in [6, 6.07) is 35.3. The number of phosphoric ester groups is 1. The molecule has 7 rings (SSSR count). The summed E-state index contributed by atoms with van der Waals surface area (Å²) in [6.07, 6.45) is -0.104. The number of nitrogens with one attached hydrogen (secondary N) is 1. The fourth-order valence-corrected chi connectivity index (χ4v) is 7.69. The van der Waals surface area contributed by atoms with Crippen LogP contribution in [0.25, 0.3) is 11.2 Å². The van der Waals surface area contributed by atoms with Crippen LogP contribution in [-0.2, 0) is 28.7 Å². The van der Waals surface area contributed by atoms with E-state index in [9.17, 15) is 14.3 Å². The number of methoxy groups -OCH3 is 2. The first-order chi connectivity index (χ1) is 27.7. The van der Waals surface area contributed by atoms with E-state index < -0.39 is 31.9 Å². The van der Waals surface area contributed by atoms with Gasteiger partial charge in [0.05, 0.1) is 46.3 Å². The molecule has 0 radical (unpaired) electrons. The van der Waals surface area contributed by atoms with Gasteiger partial charge in [-0.3, -0.25) is 18.4 Å². The van der Waals surface area contributed by atoms with Crippen molar-refractivity contribution in [3.8, 4) is 17.6 Å². The van der Waals surface area contributed by atoms with E-state index >= 15 is 0 Å². The van der Waals surface area contributed by atoms with Crippen molar-refractivity contribution in [3.63, 3.8) is 0 Å². The van der Waals surface area contributed by atoms with Gasteiger partial charge >= 0.3 is 7.82 Å². The summed E-state index contributed by atoms with van der Waals surface area (Å²) >= 11 is 0. The quantitative estimate of drug-likeness (QED) is 0.0592. The highest BCUT2D eigenvalue weighted by molar-refractivity contribution is 7.47. The van der Waals surface area contributed by atoms with Gasteiger partial charge in [-0.15, -0.1) is 0 Å². The number of benzene rings is 4. The fraction of sp³-hybridized carbons (Fsp3) is 0.244. The SMILES string of the molecule is COc1ccc(C(OC[C@H]2O[C@@H](n3cnc4c(NC(=O)c5ccccc5)ncnc43)C[C@@H]2OP(=O)(O)OCCC#N)(c2ccccc2)c2ccc(OC)cc2)cc1. The van der Waals surface area contributed by atoms with Gasteiger partial charge in [-0.25, -0.2) is 19.5 Å². The van der Waals surface area contributed by atoms with Crippen LogP contribution in [0.3, 0.4) is 0 Å². The number of nitriles is 1. The minimum absolute atomic E-state index is 0.0464. The first-order valence-electron chi connectivity index (χ1n) is 17.9. The average molecular weight is 791 g/mol. The number of rotatable bonds is 16. The second-order valence-electron chi connectivity index (χ2n) is 12.9. The Morgan fingerprint density at radius 1 is 0.912 bits per heavy atom. The van der Waals surface area contributed by atoms with Crippen LogP contribution in [-0.4, -0.2) is 70.0 Å². The third kappa shape index (κ3) is 8.57. The van der Waals surface area contributed by atoms with Gasteiger partial charge in [0.2, 0.25) is 0 Å². The fourth-order valence-electron chi connectivity index (χ4n) is 6.75. The minimum atomic E-state index is -4.68. The molecule has 1 aliphatic heterocycles. The van der Waals surface area contributed by atoms with Crippen LogP contribution in [0.1, 0.15) is 46.1 Å². The second kappa shape index (κ2) is 17.4. The summed E-state index contributed by atoms with van der Waals surface area (Å²) in [4.78, 5) is 37.0. The highest BCUT2D eigenvalue weighted by Gasteiger charge is 2.45. The number of anilines is 1. The van der Waals surface area contributed by atoms with Crippen LogP contribution in [0.4, 0.5) is 5.82 Å². The largest absolute Gasteiger partial charge is 0.497 e. The van der Waals surface area contributed by atoms with Crippen molar-refractivity contribution < 1.29 is 42.2 Å². The van der Waals surface area contributed by atoms with Crippen LogP contribution in [0.15, 0.2) is 122 Å². The van der Waals surface area contributed by atoms with E-state index in [0.717, 1.165) is 16.7 Å². The van der Waals surface area contributed by atoms with Gasteiger partial charge in [0.15, 0.2) is 17.0 Å². The zero-order valence-electron chi connectivity index (χ0n) is 31.0. The Labute approximate surface area is 328 Å². The predicted molar refractivity (Wildman–Crippen MR) is 207 cm³/mol. The van der Waals surface area contributed by atoms with E-state index in [1.54, 1.807) is 43.1 Å². The number of amides is 1. The van der Waals surface area contributed by atoms with Crippen molar-refractivity contribution in [2.24, 2.45) is 0 Å². The molecule has 1 saturated heterocycles. The lowest BCUT2D eigenvalue weighted by Gasteiger charge is -2.37. The molecule has 2 N–H and O–H groups in total. The number of carbonyl (C=O) groups is 1. The molecule has 6 aromatic rings. The Hall–Kier alpha value is -5.98. The standard InChI is InChI=1S/C41H39N6O9P/c1-51-32-18-14-30(15-19-32)41(29-12-7-4-8-13-29,31-16-20-33(52-2)21-17-31)53-25-35-34(56-57(49,50)54-23-9-22-42)24-36(55-35)47-27-45-37-38(43-26-44-39(37)47)46-40(48)28-10-5-3-6-11-28/h3-8,10-21,26-27,34-36H,9,23-25H2,1-2H3,(H,49,50)(H,43,44,46,48)/t34-,35+,36+/m0/s1. The molecular weight excluding hydrogens is 751 g/mol. The number of hydrogen-bond acceptors (Lipinski definition) is 12. The van der Waals surface area contributed by atoms with Crippen molar-refractivity contribution in [2.75, 3.05) is 32.8 Å². The number of aromatic nitrogens is 4. The molecule has 0 saturated carbocycles. The monoisotopic (exact) mass is 790 g/mol. The van der Waals surface area contributed by atoms with Gasteiger partial charge in [0.25, 0.3) is 5.91 Å². The first-order valence-corrected chi connectivity index (χ1v) is 19.4. The lowest BCUT2D eigenvalue weighted by atomic mass is 9.80. The molecule has 15 nitrogen and oxygen atoms in total. The van der Waals surface area contributed by atoms with Gasteiger partial charge in [0.1, 0.15) is 41.9 Å². The number of hydrogen-bond donors (Lipinski definition) is 2. The molecule has 2 aromatic heterocycles. The van der Waals surface area contributed by atoms with Crippen LogP contribution >= 0.6 is 7.82 Å². The Morgan fingerprint density at radius 2 is 1.53 bits per heavy atom. The Bertz CT molecular complexity index is 2330. The second-order valence-corrected chi connectivity index (χ2v) is 14.3. The van der Waals surface area contributed by atoms with Crippen molar-refractivity contribution in [2.45, 2.75) is 36.9 Å². The summed E-state index contributed by atoms with van der Waals surface area (Å²) in [5.41, 5.74) is 2.17. The maximum atomic E-state index is 13.2. The molecule has 1 amide bonds. The molecule has 0 spiro atoms. The van der Waals surface area contributed by atoms with Crippen LogP contribution < -0.4 is 14.8 Å². The maximum absolute atomic E-state index is 13.2. The van der Waals surface area contributed by atoms with Crippen LogP contribution in [0.5, 0.6) is 11.5 Å². The number of nitrogens with zero attached hydrogens (tertiary/aromatic N) is 5. The number of fused-ring (bicyclic) bond motifs is 1. The molecule has 1 aliphatic rings. The summed E-state index contributed by atoms with van der Waals surface area (Å²) in [5, 5.41) is 11.8. The number of imidazole rings is 1. The first kappa shape index (κ1) is 39.3. The van der Waals surface area contributed by atoms with Crippen molar-refractivity contribution in [1.82, 2.24) is 19.5 Å². The molecule has 1 unspecified atom stereocenters. The summed E-state index contributed by atoms with van der Waals surface area (Å²) < 4.78 is 50.4. The smallest absolute Gasteiger partial charge is 0.472 e. The van der Waals surface area contributed by atoms with Gasteiger partial charge in [-0.05, 0) is 53.1 Å². The van der Waals surface area contributed by atoms with Crippen molar-refractivity contribution >= 4 is 30.7 Å².